The second-order valence-corrected chi connectivity index (χ2v) is 4.46. The molecule has 0 atom stereocenters. The largest absolute Gasteiger partial charge is 0.366 e. The topological polar surface area (TPSA) is 43.1 Å². The van der Waals surface area contributed by atoms with Crippen LogP contribution in [0.2, 0.25) is 0 Å². The molecule has 0 aliphatic carbocycles. The molecule has 3 heteroatoms. The smallest absolute Gasteiger partial charge is 0.249 e. The molecule has 0 saturated heterocycles. The molecule has 0 saturated carbocycles. The normalized spacial score (nSPS) is 10.2. The van der Waals surface area contributed by atoms with Gasteiger partial charge in [-0.1, -0.05) is 36.4 Å². The van der Waals surface area contributed by atoms with Gasteiger partial charge in [-0.25, -0.2) is 0 Å². The van der Waals surface area contributed by atoms with Crippen LogP contribution < -0.4 is 5.73 Å². The maximum absolute atomic E-state index is 11.5. The predicted octanol–water partition coefficient (Wildman–Crippen LogP) is 3.17. The SMILES string of the molecule is CSc1cccc(C(N)=O)c1-c1ccccc1. The summed E-state index contributed by atoms with van der Waals surface area (Å²) < 4.78 is 0. The highest BCUT2D eigenvalue weighted by atomic mass is 32.2. The summed E-state index contributed by atoms with van der Waals surface area (Å²) in [7, 11) is 0. The van der Waals surface area contributed by atoms with Crippen molar-refractivity contribution in [3.63, 3.8) is 0 Å². The van der Waals surface area contributed by atoms with E-state index in [4.69, 9.17) is 5.73 Å². The van der Waals surface area contributed by atoms with Crippen LogP contribution in [0.3, 0.4) is 0 Å². The Kier molecular flexibility index (Phi) is 3.49. The summed E-state index contributed by atoms with van der Waals surface area (Å²) >= 11 is 1.61. The Hall–Kier alpha value is -1.74. The molecule has 0 unspecified atom stereocenters. The average Bonchev–Trinajstić information content (AvgIpc) is 2.38. The lowest BCUT2D eigenvalue weighted by Crippen LogP contribution is -2.12. The third kappa shape index (κ3) is 2.34. The van der Waals surface area contributed by atoms with Crippen molar-refractivity contribution in [2.45, 2.75) is 4.90 Å². The summed E-state index contributed by atoms with van der Waals surface area (Å²) in [5.74, 6) is -0.389. The minimum atomic E-state index is -0.389. The molecule has 2 N–H and O–H groups in total. The van der Waals surface area contributed by atoms with Gasteiger partial charge in [-0.3, -0.25) is 4.79 Å². The van der Waals surface area contributed by atoms with Gasteiger partial charge in [-0.15, -0.1) is 11.8 Å². The molecule has 2 rings (SSSR count). The Morgan fingerprint density at radius 1 is 1.06 bits per heavy atom. The quantitative estimate of drug-likeness (QED) is 0.841. The fourth-order valence-corrected chi connectivity index (χ4v) is 2.46. The first-order chi connectivity index (χ1) is 8.24. The molecule has 86 valence electrons. The molecule has 2 nitrogen and oxygen atoms in total. The summed E-state index contributed by atoms with van der Waals surface area (Å²) in [5.41, 5.74) is 7.94. The maximum atomic E-state index is 11.5. The van der Waals surface area contributed by atoms with Gasteiger partial charge in [-0.05, 0) is 24.0 Å². The van der Waals surface area contributed by atoms with Crippen molar-refractivity contribution < 1.29 is 4.79 Å². The number of rotatable bonds is 3. The lowest BCUT2D eigenvalue weighted by atomic mass is 9.99. The zero-order valence-corrected chi connectivity index (χ0v) is 10.3. The number of amides is 1. The maximum Gasteiger partial charge on any atom is 0.249 e. The molecule has 0 heterocycles. The third-order valence-electron chi connectivity index (χ3n) is 2.57. The van der Waals surface area contributed by atoms with Crippen LogP contribution in [-0.4, -0.2) is 12.2 Å². The highest BCUT2D eigenvalue weighted by Crippen LogP contribution is 2.32. The first-order valence-electron chi connectivity index (χ1n) is 5.26. The minimum Gasteiger partial charge on any atom is -0.366 e. The van der Waals surface area contributed by atoms with Gasteiger partial charge in [0, 0.05) is 16.0 Å². The van der Waals surface area contributed by atoms with Crippen LogP contribution in [0, 0.1) is 0 Å². The number of primary amides is 1. The highest BCUT2D eigenvalue weighted by Gasteiger charge is 2.13. The van der Waals surface area contributed by atoms with Crippen LogP contribution in [0.5, 0.6) is 0 Å². The highest BCUT2D eigenvalue weighted by molar-refractivity contribution is 7.98. The molecular formula is C14H13NOS. The van der Waals surface area contributed by atoms with E-state index in [0.717, 1.165) is 16.0 Å². The van der Waals surface area contributed by atoms with E-state index in [1.807, 2.05) is 48.7 Å². The van der Waals surface area contributed by atoms with Gasteiger partial charge < -0.3 is 5.73 Å². The van der Waals surface area contributed by atoms with E-state index in [9.17, 15) is 4.79 Å². The molecule has 1 amide bonds. The van der Waals surface area contributed by atoms with E-state index in [-0.39, 0.29) is 5.91 Å². The van der Waals surface area contributed by atoms with Gasteiger partial charge in [0.2, 0.25) is 5.91 Å². The van der Waals surface area contributed by atoms with Gasteiger partial charge in [0.15, 0.2) is 0 Å². The van der Waals surface area contributed by atoms with Crippen LogP contribution in [0.25, 0.3) is 11.1 Å². The molecule has 0 aliphatic rings. The number of hydrogen-bond donors (Lipinski definition) is 1. The monoisotopic (exact) mass is 243 g/mol. The van der Waals surface area contributed by atoms with Crippen molar-refractivity contribution in [1.82, 2.24) is 0 Å². The van der Waals surface area contributed by atoms with Gasteiger partial charge in [0.05, 0.1) is 0 Å². The van der Waals surface area contributed by atoms with E-state index in [0.29, 0.717) is 5.56 Å². The van der Waals surface area contributed by atoms with Crippen molar-refractivity contribution in [2.24, 2.45) is 5.73 Å². The number of nitrogens with two attached hydrogens (primary N) is 1. The van der Waals surface area contributed by atoms with E-state index in [2.05, 4.69) is 0 Å². The van der Waals surface area contributed by atoms with Crippen molar-refractivity contribution >= 4 is 17.7 Å². The fourth-order valence-electron chi connectivity index (χ4n) is 1.81. The first-order valence-corrected chi connectivity index (χ1v) is 6.48. The summed E-state index contributed by atoms with van der Waals surface area (Å²) in [6.45, 7) is 0. The minimum absolute atomic E-state index is 0.389. The van der Waals surface area contributed by atoms with Gasteiger partial charge in [-0.2, -0.15) is 0 Å². The van der Waals surface area contributed by atoms with Crippen LogP contribution in [-0.2, 0) is 0 Å². The summed E-state index contributed by atoms with van der Waals surface area (Å²) in [6, 6.07) is 15.5. The van der Waals surface area contributed by atoms with Gasteiger partial charge in [0.1, 0.15) is 0 Å². The summed E-state index contributed by atoms with van der Waals surface area (Å²) in [5, 5.41) is 0. The fraction of sp³-hybridized carbons (Fsp3) is 0.0714. The molecule has 0 aliphatic heterocycles. The van der Waals surface area contributed by atoms with Crippen LogP contribution in [0.15, 0.2) is 53.4 Å². The van der Waals surface area contributed by atoms with Crippen molar-refractivity contribution in [2.75, 3.05) is 6.26 Å². The molecule has 17 heavy (non-hydrogen) atoms. The number of benzene rings is 2. The molecule has 0 aromatic heterocycles. The van der Waals surface area contributed by atoms with E-state index >= 15 is 0 Å². The lowest BCUT2D eigenvalue weighted by molar-refractivity contribution is 0.100. The van der Waals surface area contributed by atoms with Crippen LogP contribution in [0.1, 0.15) is 10.4 Å². The standard InChI is InChI=1S/C14H13NOS/c1-17-12-9-5-8-11(14(15)16)13(12)10-6-3-2-4-7-10/h2-9H,1H3,(H2,15,16). The van der Waals surface area contributed by atoms with Crippen LogP contribution in [0.4, 0.5) is 0 Å². The Balaban J connectivity index is 2.69. The molecular weight excluding hydrogens is 230 g/mol. The first kappa shape index (κ1) is 11.7. The van der Waals surface area contributed by atoms with Gasteiger partial charge in [0.25, 0.3) is 0 Å². The van der Waals surface area contributed by atoms with Crippen LogP contribution >= 0.6 is 11.8 Å². The third-order valence-corrected chi connectivity index (χ3v) is 3.35. The lowest BCUT2D eigenvalue weighted by Gasteiger charge is -2.11. The number of thioether (sulfide) groups is 1. The molecule has 2 aromatic carbocycles. The van der Waals surface area contributed by atoms with E-state index in [1.165, 1.54) is 0 Å². The molecule has 0 spiro atoms. The number of hydrogen-bond acceptors (Lipinski definition) is 2. The number of carbonyl (C=O) groups is 1. The van der Waals surface area contributed by atoms with E-state index < -0.39 is 0 Å². The molecule has 2 aromatic rings. The Labute approximate surface area is 105 Å². The summed E-state index contributed by atoms with van der Waals surface area (Å²) in [6.07, 6.45) is 1.99. The van der Waals surface area contributed by atoms with Gasteiger partial charge >= 0.3 is 0 Å². The average molecular weight is 243 g/mol. The molecule has 0 bridgehead atoms. The zero-order valence-electron chi connectivity index (χ0n) is 9.51. The van der Waals surface area contributed by atoms with E-state index in [1.54, 1.807) is 17.8 Å². The Bertz CT molecular complexity index is 537. The second-order valence-electron chi connectivity index (χ2n) is 3.61. The predicted molar refractivity (Wildman–Crippen MR) is 72.2 cm³/mol. The van der Waals surface area contributed by atoms with Crippen molar-refractivity contribution in [1.29, 1.82) is 0 Å². The Morgan fingerprint density at radius 2 is 1.76 bits per heavy atom. The summed E-state index contributed by atoms with van der Waals surface area (Å²) in [4.78, 5) is 12.5. The Morgan fingerprint density at radius 3 is 2.35 bits per heavy atom. The second kappa shape index (κ2) is 5.06. The van der Waals surface area contributed by atoms with Crippen molar-refractivity contribution in [3.05, 3.63) is 54.1 Å². The molecule has 0 radical (unpaired) electrons. The molecule has 0 fully saturated rings. The number of carbonyl (C=O) groups excluding carboxylic acids is 1. The van der Waals surface area contributed by atoms with Crippen molar-refractivity contribution in [3.8, 4) is 11.1 Å². The zero-order chi connectivity index (χ0) is 12.3.